The van der Waals surface area contributed by atoms with E-state index in [1.54, 1.807) is 6.08 Å². The summed E-state index contributed by atoms with van der Waals surface area (Å²) in [7, 11) is 0. The van der Waals surface area contributed by atoms with Crippen molar-refractivity contribution in [3.05, 3.63) is 194 Å². The molecule has 0 aliphatic heterocycles. The van der Waals surface area contributed by atoms with Crippen LogP contribution >= 0.6 is 0 Å². The quantitative estimate of drug-likeness (QED) is 0.132. The Labute approximate surface area is 326 Å². The van der Waals surface area contributed by atoms with Crippen molar-refractivity contribution in [1.29, 1.82) is 0 Å². The molecule has 0 aliphatic carbocycles. The molecule has 0 saturated heterocycles. The molecule has 9 aromatic rings. The first-order valence-corrected chi connectivity index (χ1v) is 19.1. The SMILES string of the molecule is C=C/C=C\C=C/C(C)c1oc2cccc(-n3c4ccccc4c4cccc(-c5nc(-c6ccccc6)nc(-c6ccc(-c7ccccc7)cc6)n5)c43)c2c1CC. The minimum Gasteiger partial charge on any atom is -0.460 e. The average molecular weight is 725 g/mol. The third-order valence-corrected chi connectivity index (χ3v) is 10.4. The number of aromatic nitrogens is 4. The van der Waals surface area contributed by atoms with Gasteiger partial charge in [-0.3, -0.25) is 0 Å². The molecular weight excluding hydrogens is 685 g/mol. The number of hydrogen-bond donors (Lipinski definition) is 0. The number of hydrogen-bond acceptors (Lipinski definition) is 4. The first-order valence-electron chi connectivity index (χ1n) is 19.1. The van der Waals surface area contributed by atoms with Crippen LogP contribution in [0.15, 0.2) is 187 Å². The molecule has 0 N–H and O–H groups in total. The Morgan fingerprint density at radius 1 is 0.607 bits per heavy atom. The molecule has 5 nitrogen and oxygen atoms in total. The normalized spacial score (nSPS) is 12.4. The third kappa shape index (κ3) is 6.23. The highest BCUT2D eigenvalue weighted by atomic mass is 16.3. The van der Waals surface area contributed by atoms with E-state index >= 15 is 0 Å². The molecule has 0 spiro atoms. The van der Waals surface area contributed by atoms with Crippen LogP contribution in [0.3, 0.4) is 0 Å². The fraction of sp³-hybridized carbons (Fsp3) is 0.0784. The summed E-state index contributed by atoms with van der Waals surface area (Å²) < 4.78 is 9.09. The van der Waals surface area contributed by atoms with Crippen molar-refractivity contribution in [3.8, 4) is 51.0 Å². The zero-order chi connectivity index (χ0) is 38.0. The standard InChI is InChI=1S/C51H40N4O/c1-4-6-7-10-19-34(3)48-39(5-2)46-44(28-18-29-45(46)56-48)55-43-27-16-15-24-40(43)41-25-17-26-42(47(41)55)51-53-49(37-22-13-9-14-23-37)52-50(54-51)38-32-30-36(31-33-38)35-20-11-8-12-21-35/h4,6-34H,1,5H2,2-3H3/b7-6-,19-10-. The topological polar surface area (TPSA) is 56.7 Å². The van der Waals surface area contributed by atoms with Crippen LogP contribution in [0.2, 0.25) is 0 Å². The lowest BCUT2D eigenvalue weighted by Crippen LogP contribution is -2.02. The minimum absolute atomic E-state index is 0.0789. The van der Waals surface area contributed by atoms with Crippen LogP contribution in [-0.4, -0.2) is 19.5 Å². The molecule has 1 unspecified atom stereocenters. The number of benzene rings is 6. The minimum atomic E-state index is 0.0789. The van der Waals surface area contributed by atoms with Gasteiger partial charge in [0.15, 0.2) is 17.5 Å². The highest BCUT2D eigenvalue weighted by molar-refractivity contribution is 6.14. The average Bonchev–Trinajstić information content (AvgIpc) is 3.82. The largest absolute Gasteiger partial charge is 0.460 e. The van der Waals surface area contributed by atoms with E-state index in [1.807, 2.05) is 48.6 Å². The molecular formula is C51H40N4O. The van der Waals surface area contributed by atoms with Crippen LogP contribution < -0.4 is 0 Å². The summed E-state index contributed by atoms with van der Waals surface area (Å²) in [6, 6.07) is 50.5. The summed E-state index contributed by atoms with van der Waals surface area (Å²) >= 11 is 0. The van der Waals surface area contributed by atoms with E-state index in [2.05, 4.69) is 146 Å². The molecule has 0 bridgehead atoms. The van der Waals surface area contributed by atoms with Crippen molar-refractivity contribution in [2.24, 2.45) is 0 Å². The maximum atomic E-state index is 6.71. The first kappa shape index (κ1) is 34.6. The molecule has 0 aliphatic rings. The van der Waals surface area contributed by atoms with Gasteiger partial charge in [-0.2, -0.15) is 0 Å². The van der Waals surface area contributed by atoms with Crippen LogP contribution in [0.25, 0.3) is 83.8 Å². The number of aryl methyl sites for hydroxylation is 1. The Kier molecular flexibility index (Phi) is 9.26. The second-order valence-electron chi connectivity index (χ2n) is 13.9. The number of fused-ring (bicyclic) bond motifs is 4. The summed E-state index contributed by atoms with van der Waals surface area (Å²) in [5.74, 6) is 2.91. The van der Waals surface area contributed by atoms with Crippen molar-refractivity contribution in [2.45, 2.75) is 26.2 Å². The molecule has 5 heteroatoms. The highest BCUT2D eigenvalue weighted by Gasteiger charge is 2.24. The van der Waals surface area contributed by atoms with E-state index in [-0.39, 0.29) is 5.92 Å². The van der Waals surface area contributed by atoms with Crippen molar-refractivity contribution in [2.75, 3.05) is 0 Å². The van der Waals surface area contributed by atoms with Crippen LogP contribution in [0.4, 0.5) is 0 Å². The van der Waals surface area contributed by atoms with Crippen molar-refractivity contribution in [3.63, 3.8) is 0 Å². The van der Waals surface area contributed by atoms with Gasteiger partial charge in [0.05, 0.1) is 16.7 Å². The molecule has 0 radical (unpaired) electrons. The van der Waals surface area contributed by atoms with Gasteiger partial charge in [0.2, 0.25) is 0 Å². The van der Waals surface area contributed by atoms with Crippen molar-refractivity contribution < 1.29 is 4.42 Å². The molecule has 3 aromatic heterocycles. The number of nitrogens with zero attached hydrogens (tertiary/aromatic N) is 4. The van der Waals surface area contributed by atoms with Crippen LogP contribution in [-0.2, 0) is 6.42 Å². The van der Waals surface area contributed by atoms with Gasteiger partial charge in [-0.05, 0) is 41.8 Å². The lowest BCUT2D eigenvalue weighted by molar-refractivity contribution is 0.531. The van der Waals surface area contributed by atoms with Gasteiger partial charge < -0.3 is 8.98 Å². The molecule has 9 rings (SSSR count). The summed E-state index contributed by atoms with van der Waals surface area (Å²) in [4.78, 5) is 15.5. The predicted molar refractivity (Wildman–Crippen MR) is 232 cm³/mol. The molecule has 270 valence electrons. The molecule has 0 saturated carbocycles. The Balaban J connectivity index is 1.28. The maximum Gasteiger partial charge on any atom is 0.166 e. The Morgan fingerprint density at radius 3 is 1.95 bits per heavy atom. The predicted octanol–water partition coefficient (Wildman–Crippen LogP) is 13.3. The molecule has 6 aromatic carbocycles. The molecule has 1 atom stereocenters. The third-order valence-electron chi connectivity index (χ3n) is 10.4. The number of rotatable bonds is 10. The summed E-state index contributed by atoms with van der Waals surface area (Å²) in [6.45, 7) is 8.18. The van der Waals surface area contributed by atoms with E-state index in [0.717, 1.165) is 78.5 Å². The van der Waals surface area contributed by atoms with Gasteiger partial charge in [-0.15, -0.1) is 0 Å². The second-order valence-corrected chi connectivity index (χ2v) is 13.9. The van der Waals surface area contributed by atoms with Gasteiger partial charge in [0.25, 0.3) is 0 Å². The summed E-state index contributed by atoms with van der Waals surface area (Å²) in [5, 5.41) is 3.39. The lowest BCUT2D eigenvalue weighted by Gasteiger charge is -2.14. The molecule has 3 heterocycles. The van der Waals surface area contributed by atoms with E-state index in [1.165, 1.54) is 5.56 Å². The van der Waals surface area contributed by atoms with E-state index in [0.29, 0.717) is 17.5 Å². The second kappa shape index (κ2) is 15.0. The van der Waals surface area contributed by atoms with Crippen LogP contribution in [0, 0.1) is 0 Å². The van der Waals surface area contributed by atoms with Crippen molar-refractivity contribution in [1.82, 2.24) is 19.5 Å². The Hall–Kier alpha value is -7.11. The van der Waals surface area contributed by atoms with Gasteiger partial charge in [0.1, 0.15) is 11.3 Å². The molecule has 0 amide bonds. The van der Waals surface area contributed by atoms with Crippen LogP contribution in [0.5, 0.6) is 0 Å². The number of furan rings is 1. The van der Waals surface area contributed by atoms with Gasteiger partial charge in [-0.25, -0.2) is 15.0 Å². The van der Waals surface area contributed by atoms with Gasteiger partial charge in [0, 0.05) is 44.3 Å². The summed E-state index contributed by atoms with van der Waals surface area (Å²) in [6.07, 6.45) is 10.8. The van der Waals surface area contributed by atoms with Crippen molar-refractivity contribution >= 4 is 32.8 Å². The fourth-order valence-corrected chi connectivity index (χ4v) is 7.81. The van der Waals surface area contributed by atoms with Crippen LogP contribution in [0.1, 0.15) is 31.1 Å². The Bertz CT molecular complexity index is 2920. The number of allylic oxidation sites excluding steroid dienone is 5. The van der Waals surface area contributed by atoms with E-state index < -0.39 is 0 Å². The molecule has 56 heavy (non-hydrogen) atoms. The summed E-state index contributed by atoms with van der Waals surface area (Å²) in [5.41, 5.74) is 10.3. The number of para-hydroxylation sites is 2. The zero-order valence-corrected chi connectivity index (χ0v) is 31.4. The van der Waals surface area contributed by atoms with Gasteiger partial charge >= 0.3 is 0 Å². The first-order chi connectivity index (χ1) is 27.6. The van der Waals surface area contributed by atoms with Gasteiger partial charge in [-0.1, -0.05) is 172 Å². The highest BCUT2D eigenvalue weighted by Crippen LogP contribution is 2.42. The van der Waals surface area contributed by atoms with E-state index in [4.69, 9.17) is 19.4 Å². The fourth-order valence-electron chi connectivity index (χ4n) is 7.81. The smallest absolute Gasteiger partial charge is 0.166 e. The monoisotopic (exact) mass is 724 g/mol. The molecule has 0 fully saturated rings. The Morgan fingerprint density at radius 2 is 1.21 bits per heavy atom. The maximum absolute atomic E-state index is 6.71. The lowest BCUT2D eigenvalue weighted by atomic mass is 9.99. The zero-order valence-electron chi connectivity index (χ0n) is 31.4. The van der Waals surface area contributed by atoms with E-state index in [9.17, 15) is 0 Å².